The van der Waals surface area contributed by atoms with Crippen molar-refractivity contribution in [2.24, 2.45) is 7.05 Å². The molecule has 0 N–H and O–H groups in total. The highest BCUT2D eigenvalue weighted by molar-refractivity contribution is 6.29. The number of benzene rings is 1. The molecule has 4 rings (SSSR count). The number of aryl methyl sites for hydroxylation is 2. The molecule has 0 bridgehead atoms. The highest BCUT2D eigenvalue weighted by atomic mass is 35.5. The molecule has 6 nitrogen and oxygen atoms in total. The van der Waals surface area contributed by atoms with Crippen LogP contribution in [0.15, 0.2) is 61.1 Å². The Labute approximate surface area is 180 Å². The van der Waals surface area contributed by atoms with Crippen LogP contribution >= 0.6 is 11.6 Å². The number of pyridine rings is 2. The molecule has 7 heteroatoms. The smallest absolute Gasteiger partial charge is 0.141 e. The Kier molecular flexibility index (Phi) is 5.68. The van der Waals surface area contributed by atoms with E-state index < -0.39 is 0 Å². The van der Waals surface area contributed by atoms with Gasteiger partial charge in [0.15, 0.2) is 0 Å². The van der Waals surface area contributed by atoms with E-state index in [1.807, 2.05) is 67.3 Å². The van der Waals surface area contributed by atoms with E-state index in [9.17, 15) is 0 Å². The summed E-state index contributed by atoms with van der Waals surface area (Å²) in [4.78, 5) is 13.3. The zero-order valence-corrected chi connectivity index (χ0v) is 17.7. The van der Waals surface area contributed by atoms with Crippen LogP contribution in [0.5, 0.6) is 11.5 Å². The van der Waals surface area contributed by atoms with Crippen molar-refractivity contribution >= 4 is 11.6 Å². The normalized spacial score (nSPS) is 10.8. The fourth-order valence-electron chi connectivity index (χ4n) is 3.09. The Morgan fingerprint density at radius 2 is 1.90 bits per heavy atom. The van der Waals surface area contributed by atoms with Crippen LogP contribution in [-0.4, -0.2) is 26.6 Å². The average molecular weight is 421 g/mol. The van der Waals surface area contributed by atoms with Gasteiger partial charge in [-0.15, -0.1) is 0 Å². The van der Waals surface area contributed by atoms with Crippen LogP contribution in [0, 0.1) is 6.92 Å². The van der Waals surface area contributed by atoms with Crippen molar-refractivity contribution in [2.45, 2.75) is 13.5 Å². The fourth-order valence-corrected chi connectivity index (χ4v) is 3.20. The molecule has 152 valence electrons. The van der Waals surface area contributed by atoms with Crippen molar-refractivity contribution in [3.63, 3.8) is 0 Å². The third kappa shape index (κ3) is 4.28. The summed E-state index contributed by atoms with van der Waals surface area (Å²) in [5.74, 6) is 2.18. The number of halogens is 1. The van der Waals surface area contributed by atoms with Crippen molar-refractivity contribution in [1.82, 2.24) is 19.5 Å². The van der Waals surface area contributed by atoms with Crippen molar-refractivity contribution in [1.29, 1.82) is 0 Å². The predicted molar refractivity (Wildman–Crippen MR) is 117 cm³/mol. The van der Waals surface area contributed by atoms with Gasteiger partial charge >= 0.3 is 0 Å². The van der Waals surface area contributed by atoms with Gasteiger partial charge in [0.25, 0.3) is 0 Å². The van der Waals surface area contributed by atoms with Crippen LogP contribution in [-0.2, 0) is 13.7 Å². The number of rotatable bonds is 6. The average Bonchev–Trinajstić information content (AvgIpc) is 3.15. The van der Waals surface area contributed by atoms with Crippen molar-refractivity contribution in [3.8, 4) is 34.1 Å². The van der Waals surface area contributed by atoms with Crippen LogP contribution in [0.1, 0.15) is 11.3 Å². The van der Waals surface area contributed by atoms with Crippen molar-refractivity contribution < 1.29 is 9.47 Å². The van der Waals surface area contributed by atoms with Gasteiger partial charge in [-0.25, -0.2) is 9.97 Å². The van der Waals surface area contributed by atoms with Crippen LogP contribution in [0.3, 0.4) is 0 Å². The van der Waals surface area contributed by atoms with Crippen LogP contribution in [0.2, 0.25) is 5.15 Å². The molecule has 0 aliphatic heterocycles. The molecule has 0 amide bonds. The molecule has 0 saturated heterocycles. The first kappa shape index (κ1) is 19.9. The lowest BCUT2D eigenvalue weighted by atomic mass is 10.1. The van der Waals surface area contributed by atoms with Gasteiger partial charge in [0.2, 0.25) is 0 Å². The monoisotopic (exact) mass is 420 g/mol. The Bertz CT molecular complexity index is 1160. The summed E-state index contributed by atoms with van der Waals surface area (Å²) in [5.41, 5.74) is 4.55. The van der Waals surface area contributed by atoms with Crippen molar-refractivity contribution in [2.75, 3.05) is 7.11 Å². The third-order valence-corrected chi connectivity index (χ3v) is 4.89. The minimum absolute atomic E-state index is 0.389. The molecule has 0 radical (unpaired) electrons. The topological polar surface area (TPSA) is 62.1 Å². The zero-order valence-electron chi connectivity index (χ0n) is 17.0. The maximum atomic E-state index is 5.90. The summed E-state index contributed by atoms with van der Waals surface area (Å²) >= 11 is 5.90. The van der Waals surface area contributed by atoms with E-state index in [0.717, 1.165) is 33.9 Å². The number of hydrogen-bond donors (Lipinski definition) is 0. The number of methoxy groups -OCH3 is 1. The molecule has 0 unspecified atom stereocenters. The van der Waals surface area contributed by atoms with Gasteiger partial charge in [-0.3, -0.25) is 4.98 Å². The Morgan fingerprint density at radius 3 is 2.60 bits per heavy atom. The van der Waals surface area contributed by atoms with Gasteiger partial charge in [0.1, 0.15) is 29.1 Å². The molecule has 0 aliphatic rings. The van der Waals surface area contributed by atoms with E-state index in [0.29, 0.717) is 23.3 Å². The van der Waals surface area contributed by atoms with E-state index >= 15 is 0 Å². The fraction of sp³-hybridized carbons (Fsp3) is 0.174. The molecule has 1 aromatic carbocycles. The van der Waals surface area contributed by atoms with Gasteiger partial charge in [-0.05, 0) is 42.8 Å². The number of aromatic nitrogens is 4. The molecule has 0 spiro atoms. The Hall–Kier alpha value is -3.38. The maximum Gasteiger partial charge on any atom is 0.141 e. The van der Waals surface area contributed by atoms with Crippen molar-refractivity contribution in [3.05, 3.63) is 77.5 Å². The highest BCUT2D eigenvalue weighted by Gasteiger charge is 2.14. The standard InChI is InChI=1S/C23H21ClN4O2/c1-15-4-6-17(25-11-15)14-30-18-7-8-19(21(10-18)29-3)20-13-28(2)23(27-20)16-5-9-22(24)26-12-16/h4-13H,14H2,1-3H3. The van der Waals surface area contributed by atoms with E-state index in [-0.39, 0.29) is 0 Å². The molecule has 0 saturated carbocycles. The number of nitrogens with zero attached hydrogens (tertiary/aromatic N) is 4. The summed E-state index contributed by atoms with van der Waals surface area (Å²) < 4.78 is 13.4. The van der Waals surface area contributed by atoms with Gasteiger partial charge < -0.3 is 14.0 Å². The van der Waals surface area contributed by atoms with Crippen LogP contribution in [0.4, 0.5) is 0 Å². The Balaban J connectivity index is 1.58. The molecule has 0 atom stereocenters. The zero-order chi connectivity index (χ0) is 21.1. The molecular weight excluding hydrogens is 400 g/mol. The summed E-state index contributed by atoms with van der Waals surface area (Å²) in [6.07, 6.45) is 5.50. The van der Waals surface area contributed by atoms with Crippen LogP contribution in [0.25, 0.3) is 22.6 Å². The van der Waals surface area contributed by atoms with E-state index in [1.54, 1.807) is 19.4 Å². The third-order valence-electron chi connectivity index (χ3n) is 4.67. The highest BCUT2D eigenvalue weighted by Crippen LogP contribution is 2.34. The second-order valence-corrected chi connectivity index (χ2v) is 7.30. The summed E-state index contributed by atoms with van der Waals surface area (Å²) in [6, 6.07) is 13.3. The van der Waals surface area contributed by atoms with Gasteiger partial charge in [-0.2, -0.15) is 0 Å². The lowest BCUT2D eigenvalue weighted by Crippen LogP contribution is -1.99. The van der Waals surface area contributed by atoms with E-state index in [1.165, 1.54) is 0 Å². The number of ether oxygens (including phenoxy) is 2. The second-order valence-electron chi connectivity index (χ2n) is 6.91. The van der Waals surface area contributed by atoms with E-state index in [4.69, 9.17) is 26.1 Å². The molecule has 0 aliphatic carbocycles. The largest absolute Gasteiger partial charge is 0.496 e. The lowest BCUT2D eigenvalue weighted by Gasteiger charge is -2.10. The molecule has 0 fully saturated rings. The van der Waals surface area contributed by atoms with Gasteiger partial charge in [0, 0.05) is 42.8 Å². The second kappa shape index (κ2) is 8.55. The predicted octanol–water partition coefficient (Wildman–Crippen LogP) is 5.09. The van der Waals surface area contributed by atoms with Gasteiger partial charge in [0.05, 0.1) is 18.5 Å². The summed E-state index contributed by atoms with van der Waals surface area (Å²) in [6.45, 7) is 2.40. The molecule has 4 aromatic rings. The molecule has 3 heterocycles. The SMILES string of the molecule is COc1cc(OCc2ccc(C)cn2)ccc1-c1cn(C)c(-c2ccc(Cl)nc2)n1. The first-order chi connectivity index (χ1) is 14.5. The quantitative estimate of drug-likeness (QED) is 0.406. The number of imidazole rings is 1. The van der Waals surface area contributed by atoms with Gasteiger partial charge in [-0.1, -0.05) is 17.7 Å². The Morgan fingerprint density at radius 1 is 1.03 bits per heavy atom. The maximum absolute atomic E-state index is 5.90. The first-order valence-electron chi connectivity index (χ1n) is 9.41. The molecule has 30 heavy (non-hydrogen) atoms. The van der Waals surface area contributed by atoms with Crippen LogP contribution < -0.4 is 9.47 Å². The first-order valence-corrected chi connectivity index (χ1v) is 9.79. The summed E-state index contributed by atoms with van der Waals surface area (Å²) in [5, 5.41) is 0.450. The molecular formula is C23H21ClN4O2. The minimum Gasteiger partial charge on any atom is -0.496 e. The van der Waals surface area contributed by atoms with E-state index in [2.05, 4.69) is 9.97 Å². The summed E-state index contributed by atoms with van der Waals surface area (Å²) in [7, 11) is 3.58. The lowest BCUT2D eigenvalue weighted by molar-refractivity contribution is 0.299. The molecule has 3 aromatic heterocycles. The number of hydrogen-bond acceptors (Lipinski definition) is 5. The minimum atomic E-state index is 0.389.